The normalized spacial score (nSPS) is 17.9. The zero-order chi connectivity index (χ0) is 24.1. The van der Waals surface area contributed by atoms with Crippen LogP contribution in [0.4, 0.5) is 5.82 Å². The summed E-state index contributed by atoms with van der Waals surface area (Å²) in [4.78, 5) is 24.1. The molecule has 9 nitrogen and oxygen atoms in total. The Bertz CT molecular complexity index is 1050. The first kappa shape index (κ1) is 24.4. The predicted octanol–water partition coefficient (Wildman–Crippen LogP) is 3.26. The van der Waals surface area contributed by atoms with Crippen LogP contribution in [0.2, 0.25) is 25.7 Å². The van der Waals surface area contributed by atoms with Gasteiger partial charge in [0, 0.05) is 70.7 Å². The molecule has 0 aliphatic carbocycles. The van der Waals surface area contributed by atoms with Gasteiger partial charge in [-0.3, -0.25) is 14.5 Å². The molecule has 0 aromatic carbocycles. The zero-order valence-corrected chi connectivity index (χ0v) is 21.5. The van der Waals surface area contributed by atoms with Crippen LogP contribution in [0.15, 0.2) is 29.6 Å². The lowest BCUT2D eigenvalue weighted by Crippen LogP contribution is -2.38. The smallest absolute Gasteiger partial charge is 0.135 e. The molecule has 34 heavy (non-hydrogen) atoms. The third-order valence-corrected chi connectivity index (χ3v) is 8.10. The number of ketones is 1. The third kappa shape index (κ3) is 6.03. The number of H-pyrrole nitrogens is 1. The fraction of sp³-hybridized carbons (Fsp3) is 0.583. The molecule has 2 aromatic heterocycles. The van der Waals surface area contributed by atoms with E-state index < -0.39 is 8.07 Å². The Hall–Kier alpha value is -2.74. The summed E-state index contributed by atoms with van der Waals surface area (Å²) in [5.74, 6) is 1.33. The first-order chi connectivity index (χ1) is 16.3. The number of carbonyl (C=O) groups excluding carboxylic acids is 1. The van der Waals surface area contributed by atoms with Crippen LogP contribution in [0.1, 0.15) is 36.4 Å². The van der Waals surface area contributed by atoms with E-state index in [9.17, 15) is 10.1 Å². The minimum atomic E-state index is -1.11. The average Bonchev–Trinajstić information content (AvgIpc) is 3.47. The standard InChI is InChI=1S/C24H35N7O2Si/c1-34(2,3)13-12-33-18-30-17-27-23(22-5-9-26-24(22)30)19-14-28-31(15-19)20(4-8-25)16-29-10-6-21(32)7-11-29/h5,9,14-15,20,26H,4,6-7,10-13,16-18H2,1-3H3. The average molecular weight is 482 g/mol. The molecule has 1 fully saturated rings. The van der Waals surface area contributed by atoms with Crippen molar-refractivity contribution in [2.75, 3.05) is 44.5 Å². The largest absolute Gasteiger partial charge is 0.361 e. The van der Waals surface area contributed by atoms with Crippen LogP contribution in [-0.4, -0.2) is 78.9 Å². The van der Waals surface area contributed by atoms with Crippen LogP contribution in [0, 0.1) is 11.3 Å². The minimum absolute atomic E-state index is 0.0573. The topological polar surface area (TPSA) is 103 Å². The number of likely N-dealkylation sites (tertiary alicyclic amines) is 1. The highest BCUT2D eigenvalue weighted by atomic mass is 28.3. The molecule has 4 heterocycles. The Kier molecular flexibility index (Phi) is 7.66. The number of piperidine rings is 1. The number of anilines is 1. The third-order valence-electron chi connectivity index (χ3n) is 6.40. The van der Waals surface area contributed by atoms with Crippen LogP contribution in [0.5, 0.6) is 0 Å². The lowest BCUT2D eigenvalue weighted by Gasteiger charge is -2.29. The first-order valence-corrected chi connectivity index (χ1v) is 15.8. The van der Waals surface area contributed by atoms with Crippen LogP contribution in [0.25, 0.3) is 0 Å². The lowest BCUT2D eigenvalue weighted by molar-refractivity contribution is -0.121. The van der Waals surface area contributed by atoms with Gasteiger partial charge in [-0.1, -0.05) is 19.6 Å². The molecule has 0 bridgehead atoms. The van der Waals surface area contributed by atoms with E-state index in [0.717, 1.165) is 48.4 Å². The molecular formula is C24H35N7O2Si. The highest BCUT2D eigenvalue weighted by Gasteiger charge is 2.26. The maximum atomic E-state index is 11.6. The van der Waals surface area contributed by atoms with Gasteiger partial charge in [-0.15, -0.1) is 0 Å². The van der Waals surface area contributed by atoms with Gasteiger partial charge in [0.25, 0.3) is 0 Å². The Balaban J connectivity index is 1.43. The van der Waals surface area contributed by atoms with Crippen molar-refractivity contribution < 1.29 is 9.53 Å². The fourth-order valence-electron chi connectivity index (χ4n) is 4.32. The number of nitrogens with zero attached hydrogens (tertiary/aromatic N) is 6. The van der Waals surface area contributed by atoms with E-state index in [0.29, 0.717) is 45.0 Å². The Morgan fingerprint density at radius 3 is 2.82 bits per heavy atom. The molecule has 0 radical (unpaired) electrons. The van der Waals surface area contributed by atoms with E-state index in [1.165, 1.54) is 0 Å². The molecular weight excluding hydrogens is 446 g/mol. The summed E-state index contributed by atoms with van der Waals surface area (Å²) in [6.45, 7) is 11.1. The van der Waals surface area contributed by atoms with Crippen molar-refractivity contribution in [2.24, 2.45) is 4.99 Å². The Labute approximate surface area is 202 Å². The molecule has 1 unspecified atom stereocenters. The number of hydrogen-bond donors (Lipinski definition) is 1. The van der Waals surface area contributed by atoms with Gasteiger partial charge in [0.1, 0.15) is 25.0 Å². The van der Waals surface area contributed by atoms with Crippen LogP contribution in [-0.2, 0) is 9.53 Å². The van der Waals surface area contributed by atoms with E-state index in [4.69, 9.17) is 9.73 Å². The second-order valence-electron chi connectivity index (χ2n) is 10.3. The molecule has 1 atom stereocenters. The van der Waals surface area contributed by atoms with Gasteiger partial charge >= 0.3 is 0 Å². The summed E-state index contributed by atoms with van der Waals surface area (Å²) in [6.07, 6.45) is 7.31. The number of aromatic nitrogens is 3. The van der Waals surface area contributed by atoms with Gasteiger partial charge in [-0.05, 0) is 12.1 Å². The van der Waals surface area contributed by atoms with Crippen molar-refractivity contribution in [2.45, 2.75) is 51.0 Å². The number of Topliss-reactive ketones (excluding diaryl/α,β-unsaturated/α-hetero) is 1. The number of ether oxygens (including phenoxy) is 1. The van der Waals surface area contributed by atoms with Crippen molar-refractivity contribution in [1.82, 2.24) is 19.7 Å². The first-order valence-electron chi connectivity index (χ1n) is 12.0. The molecule has 10 heteroatoms. The summed E-state index contributed by atoms with van der Waals surface area (Å²) in [5.41, 5.74) is 2.88. The van der Waals surface area contributed by atoms with Crippen molar-refractivity contribution in [3.05, 3.63) is 35.8 Å². The number of fused-ring (bicyclic) bond motifs is 1. The van der Waals surface area contributed by atoms with E-state index in [1.807, 2.05) is 29.3 Å². The van der Waals surface area contributed by atoms with Crippen molar-refractivity contribution in [3.8, 4) is 6.07 Å². The van der Waals surface area contributed by atoms with Gasteiger partial charge in [-0.25, -0.2) is 0 Å². The summed E-state index contributed by atoms with van der Waals surface area (Å²) in [6, 6.07) is 5.42. The Morgan fingerprint density at radius 2 is 2.09 bits per heavy atom. The SMILES string of the molecule is C[Si](C)(C)CCOCN1CN=C(c2cnn(C(CC#N)CN3CCC(=O)CC3)c2)c2cc[nH]c21. The summed E-state index contributed by atoms with van der Waals surface area (Å²) >= 11 is 0. The number of aromatic amines is 1. The molecule has 2 aliphatic heterocycles. The van der Waals surface area contributed by atoms with E-state index in [2.05, 4.69) is 45.6 Å². The van der Waals surface area contributed by atoms with Crippen molar-refractivity contribution >= 4 is 25.4 Å². The van der Waals surface area contributed by atoms with E-state index in [-0.39, 0.29) is 6.04 Å². The lowest BCUT2D eigenvalue weighted by atomic mass is 10.1. The molecule has 0 amide bonds. The second-order valence-corrected chi connectivity index (χ2v) is 16.0. The molecule has 0 saturated carbocycles. The van der Waals surface area contributed by atoms with Gasteiger partial charge in [0.05, 0.1) is 30.4 Å². The quantitative estimate of drug-likeness (QED) is 0.413. The molecule has 1 saturated heterocycles. The Morgan fingerprint density at radius 1 is 1.29 bits per heavy atom. The molecule has 1 N–H and O–H groups in total. The molecule has 4 rings (SSSR count). The van der Waals surface area contributed by atoms with Gasteiger partial charge in [0.15, 0.2) is 0 Å². The van der Waals surface area contributed by atoms with Gasteiger partial charge in [0.2, 0.25) is 0 Å². The monoisotopic (exact) mass is 481 g/mol. The number of rotatable bonds is 10. The minimum Gasteiger partial charge on any atom is -0.361 e. The molecule has 0 spiro atoms. The molecule has 2 aromatic rings. The van der Waals surface area contributed by atoms with Crippen LogP contribution < -0.4 is 4.90 Å². The van der Waals surface area contributed by atoms with E-state index >= 15 is 0 Å². The zero-order valence-electron chi connectivity index (χ0n) is 20.5. The number of nitriles is 1. The number of carbonyl (C=O) groups is 1. The maximum Gasteiger partial charge on any atom is 0.135 e. The maximum absolute atomic E-state index is 11.6. The van der Waals surface area contributed by atoms with Gasteiger partial charge < -0.3 is 19.5 Å². The second kappa shape index (κ2) is 10.7. The highest BCUT2D eigenvalue weighted by molar-refractivity contribution is 6.76. The molecule has 2 aliphatic rings. The predicted molar refractivity (Wildman–Crippen MR) is 135 cm³/mol. The van der Waals surface area contributed by atoms with Crippen molar-refractivity contribution in [1.29, 1.82) is 5.26 Å². The number of hydrogen-bond acceptors (Lipinski definition) is 7. The number of nitrogens with one attached hydrogen (secondary N) is 1. The van der Waals surface area contributed by atoms with Crippen LogP contribution in [0.3, 0.4) is 0 Å². The number of aliphatic imine (C=N–C) groups is 1. The summed E-state index contributed by atoms with van der Waals surface area (Å²) < 4.78 is 7.84. The fourth-order valence-corrected chi connectivity index (χ4v) is 5.08. The van der Waals surface area contributed by atoms with Crippen LogP contribution >= 0.6 is 0 Å². The van der Waals surface area contributed by atoms with Gasteiger partial charge in [-0.2, -0.15) is 10.4 Å². The van der Waals surface area contributed by atoms with Crippen molar-refractivity contribution in [3.63, 3.8) is 0 Å². The summed E-state index contributed by atoms with van der Waals surface area (Å²) in [5, 5.41) is 14.0. The van der Waals surface area contributed by atoms with E-state index in [1.54, 1.807) is 0 Å². The summed E-state index contributed by atoms with van der Waals surface area (Å²) in [7, 11) is -1.11. The highest BCUT2D eigenvalue weighted by Crippen LogP contribution is 2.27. The molecule has 182 valence electrons.